The van der Waals surface area contributed by atoms with Gasteiger partial charge in [0, 0.05) is 0 Å². The van der Waals surface area contributed by atoms with Crippen LogP contribution < -0.4 is 15.9 Å². The maximum absolute atomic E-state index is 14.3. The van der Waals surface area contributed by atoms with Crippen molar-refractivity contribution in [3.8, 4) is 0 Å². The SMILES string of the molecule is [C-]#[N+]c1ccc([C@@H](N[P@@](=O)(CO[C@H](C)Cn2cnc3c(N)ncnc32)NC(C)(C)C(=O)OCCC)C(F)(F)F)cc1. The van der Waals surface area contributed by atoms with Gasteiger partial charge in [0.05, 0.1) is 32.2 Å². The molecule has 0 fully saturated rings. The molecule has 0 unspecified atom stereocenters. The number of anilines is 1. The molecule has 16 heteroatoms. The molecular formula is C25H32F3N8O4P. The van der Waals surface area contributed by atoms with E-state index in [2.05, 4.69) is 30.0 Å². The number of nitrogens with two attached hydrogens (primary N) is 1. The first-order valence-electron chi connectivity index (χ1n) is 12.6. The Morgan fingerprint density at radius 2 is 1.90 bits per heavy atom. The van der Waals surface area contributed by atoms with Crippen LogP contribution in [0.3, 0.4) is 0 Å². The fourth-order valence-corrected chi connectivity index (χ4v) is 6.23. The minimum atomic E-state index is -4.88. The molecule has 0 aliphatic carbocycles. The predicted molar refractivity (Wildman–Crippen MR) is 146 cm³/mol. The lowest BCUT2D eigenvalue weighted by Crippen LogP contribution is -2.50. The molecular weight excluding hydrogens is 564 g/mol. The number of hydrogen-bond donors (Lipinski definition) is 3. The average molecular weight is 597 g/mol. The molecule has 0 saturated carbocycles. The molecule has 0 spiro atoms. The van der Waals surface area contributed by atoms with Gasteiger partial charge in [0.25, 0.3) is 0 Å². The van der Waals surface area contributed by atoms with Crippen LogP contribution in [0.4, 0.5) is 24.7 Å². The van der Waals surface area contributed by atoms with Crippen LogP contribution in [-0.2, 0) is 25.4 Å². The molecule has 3 rings (SSSR count). The summed E-state index contributed by atoms with van der Waals surface area (Å²) < 4.78 is 69.5. The molecule has 0 bridgehead atoms. The van der Waals surface area contributed by atoms with Gasteiger partial charge in [-0.3, -0.25) is 9.36 Å². The summed E-state index contributed by atoms with van der Waals surface area (Å²) in [5.74, 6) is -0.610. The van der Waals surface area contributed by atoms with Gasteiger partial charge in [-0.15, -0.1) is 0 Å². The molecule has 12 nitrogen and oxygen atoms in total. The highest BCUT2D eigenvalue weighted by molar-refractivity contribution is 7.59. The molecule has 1 aromatic carbocycles. The Morgan fingerprint density at radius 3 is 2.51 bits per heavy atom. The number of nitrogens with one attached hydrogen (secondary N) is 2. The third-order valence-electron chi connectivity index (χ3n) is 5.85. The first-order chi connectivity index (χ1) is 19.2. The van der Waals surface area contributed by atoms with Gasteiger partial charge in [-0.2, -0.15) is 13.2 Å². The molecule has 222 valence electrons. The summed E-state index contributed by atoms with van der Waals surface area (Å²) in [6, 6.07) is 2.32. The number of nitrogen functional groups attached to an aromatic ring is 1. The van der Waals surface area contributed by atoms with Crippen LogP contribution in [0, 0.1) is 6.57 Å². The van der Waals surface area contributed by atoms with Crippen LogP contribution in [0.15, 0.2) is 36.9 Å². The first-order valence-corrected chi connectivity index (χ1v) is 14.5. The van der Waals surface area contributed by atoms with Crippen molar-refractivity contribution in [2.75, 3.05) is 18.7 Å². The van der Waals surface area contributed by atoms with Crippen molar-refractivity contribution in [2.45, 2.75) is 64.5 Å². The zero-order chi connectivity index (χ0) is 30.4. The van der Waals surface area contributed by atoms with Gasteiger partial charge >= 0.3 is 12.1 Å². The second-order valence-electron chi connectivity index (χ2n) is 9.85. The maximum Gasteiger partial charge on any atom is 0.408 e. The Bertz CT molecular complexity index is 1440. The van der Waals surface area contributed by atoms with Crippen molar-refractivity contribution in [3.63, 3.8) is 0 Å². The highest BCUT2D eigenvalue weighted by atomic mass is 31.2. The third kappa shape index (κ3) is 8.23. The maximum atomic E-state index is 14.3. The van der Waals surface area contributed by atoms with Crippen molar-refractivity contribution in [2.24, 2.45) is 0 Å². The number of aromatic nitrogens is 4. The van der Waals surface area contributed by atoms with E-state index in [1.807, 2.05) is 0 Å². The Hall–Kier alpha value is -3.57. The zero-order valence-electron chi connectivity index (χ0n) is 23.0. The number of carbonyl (C=O) groups excluding carboxylic acids is 1. The van der Waals surface area contributed by atoms with Gasteiger partial charge in [-0.1, -0.05) is 31.2 Å². The monoisotopic (exact) mass is 596 g/mol. The van der Waals surface area contributed by atoms with Gasteiger partial charge in [-0.25, -0.2) is 30.0 Å². The van der Waals surface area contributed by atoms with Gasteiger partial charge < -0.3 is 19.8 Å². The fraction of sp³-hybridized carbons (Fsp3) is 0.480. The number of benzene rings is 1. The second-order valence-corrected chi connectivity index (χ2v) is 12.1. The highest BCUT2D eigenvalue weighted by Gasteiger charge is 2.47. The number of carbonyl (C=O) groups is 1. The van der Waals surface area contributed by atoms with Gasteiger partial charge in [-0.05, 0) is 32.8 Å². The lowest BCUT2D eigenvalue weighted by molar-refractivity contribution is -0.153. The van der Waals surface area contributed by atoms with Crippen LogP contribution in [-0.4, -0.2) is 56.3 Å². The summed E-state index contributed by atoms with van der Waals surface area (Å²) in [6.45, 7) is 13.4. The van der Waals surface area contributed by atoms with E-state index in [1.54, 1.807) is 18.4 Å². The highest BCUT2D eigenvalue weighted by Crippen LogP contribution is 2.46. The van der Waals surface area contributed by atoms with E-state index in [0.717, 1.165) is 12.1 Å². The third-order valence-corrected chi connectivity index (χ3v) is 7.96. The molecule has 3 atom stereocenters. The van der Waals surface area contributed by atoms with Gasteiger partial charge in [0.1, 0.15) is 29.8 Å². The van der Waals surface area contributed by atoms with E-state index in [-0.39, 0.29) is 30.2 Å². The Kier molecular flexibility index (Phi) is 10.1. The Balaban J connectivity index is 1.88. The van der Waals surface area contributed by atoms with E-state index < -0.39 is 43.6 Å². The minimum absolute atomic E-state index is 0.0840. The lowest BCUT2D eigenvalue weighted by Gasteiger charge is -2.34. The molecule has 41 heavy (non-hydrogen) atoms. The number of hydrogen-bond acceptors (Lipinski definition) is 8. The number of fused-ring (bicyclic) bond motifs is 1. The summed E-state index contributed by atoms with van der Waals surface area (Å²) in [6.07, 6.45) is -3.03. The standard InChI is InChI=1S/C25H32F3N8O4P/c1-6-11-39-23(37)24(3,4)35-41(38,34-20(25(26,27)28)17-7-9-18(30-5)10-8-17)15-40-16(2)12-36-14-33-19-21(29)31-13-32-22(19)36/h7-10,13-14,16,20H,6,11-12,15H2,1-4H3,(H2,29,31,32)(H2,34,35,38)/t16-,20-,41+/m1/s1. The molecule has 0 saturated heterocycles. The molecule has 0 aliphatic rings. The van der Waals surface area contributed by atoms with Gasteiger partial charge in [0.15, 0.2) is 17.2 Å². The quantitative estimate of drug-likeness (QED) is 0.144. The number of alkyl halides is 3. The smallest absolute Gasteiger partial charge is 0.408 e. The zero-order valence-corrected chi connectivity index (χ0v) is 23.9. The van der Waals surface area contributed by atoms with E-state index in [1.165, 1.54) is 38.6 Å². The minimum Gasteiger partial charge on any atom is -0.464 e. The van der Waals surface area contributed by atoms with Crippen LogP contribution in [0.25, 0.3) is 16.0 Å². The van der Waals surface area contributed by atoms with Crippen LogP contribution in [0.2, 0.25) is 0 Å². The number of nitrogens with zero attached hydrogens (tertiary/aromatic N) is 5. The second kappa shape index (κ2) is 12.9. The fourth-order valence-electron chi connectivity index (χ4n) is 3.85. The molecule has 3 aromatic rings. The summed E-state index contributed by atoms with van der Waals surface area (Å²) >= 11 is 0. The largest absolute Gasteiger partial charge is 0.464 e. The van der Waals surface area contributed by atoms with E-state index in [0.29, 0.717) is 17.6 Å². The molecule has 4 N–H and O–H groups in total. The number of esters is 1. The predicted octanol–water partition coefficient (Wildman–Crippen LogP) is 4.73. The Morgan fingerprint density at radius 1 is 1.22 bits per heavy atom. The van der Waals surface area contributed by atoms with Crippen molar-refractivity contribution in [1.82, 2.24) is 29.7 Å². The molecule has 2 aromatic heterocycles. The summed E-state index contributed by atoms with van der Waals surface area (Å²) in [5.41, 5.74) is 4.86. The molecule has 2 heterocycles. The van der Waals surface area contributed by atoms with Crippen LogP contribution in [0.1, 0.15) is 45.7 Å². The lowest BCUT2D eigenvalue weighted by atomic mass is 10.1. The van der Waals surface area contributed by atoms with E-state index in [4.69, 9.17) is 21.8 Å². The van der Waals surface area contributed by atoms with Crippen molar-refractivity contribution in [1.29, 1.82) is 0 Å². The first kappa shape index (κ1) is 32.0. The number of rotatable bonds is 13. The molecule has 0 radical (unpaired) electrons. The van der Waals surface area contributed by atoms with Crippen molar-refractivity contribution < 1.29 is 32.0 Å². The summed E-state index contributed by atoms with van der Waals surface area (Å²) in [4.78, 5) is 28.1. The molecule has 0 aliphatic heterocycles. The van der Waals surface area contributed by atoms with E-state index >= 15 is 0 Å². The summed E-state index contributed by atoms with van der Waals surface area (Å²) in [5, 5.41) is 4.76. The van der Waals surface area contributed by atoms with Crippen LogP contribution in [0.5, 0.6) is 0 Å². The average Bonchev–Trinajstić information content (AvgIpc) is 3.32. The van der Waals surface area contributed by atoms with Crippen molar-refractivity contribution >= 4 is 36.1 Å². The van der Waals surface area contributed by atoms with E-state index in [9.17, 15) is 22.5 Å². The van der Waals surface area contributed by atoms with Gasteiger partial charge in [0.2, 0.25) is 7.44 Å². The molecule has 0 amide bonds. The summed E-state index contributed by atoms with van der Waals surface area (Å²) in [7, 11) is -4.34. The Labute approximate surface area is 235 Å². The number of halogens is 3. The normalized spacial score (nSPS) is 15.2. The number of imidazole rings is 1. The van der Waals surface area contributed by atoms with Crippen LogP contribution >= 0.6 is 7.44 Å². The number of ether oxygens (including phenoxy) is 2. The van der Waals surface area contributed by atoms with Crippen molar-refractivity contribution in [3.05, 3.63) is 53.9 Å². The topological polar surface area (TPSA) is 151 Å².